The summed E-state index contributed by atoms with van der Waals surface area (Å²) >= 11 is 0.279. The zero-order chi connectivity index (χ0) is 16.3. The van der Waals surface area contributed by atoms with E-state index in [2.05, 4.69) is 75.9 Å². The van der Waals surface area contributed by atoms with E-state index in [9.17, 15) is 0 Å². The first kappa shape index (κ1) is 17.6. The Balaban J connectivity index is 2.31. The predicted octanol–water partition coefficient (Wildman–Crippen LogP) is 5.42. The zero-order valence-electron chi connectivity index (χ0n) is 14.8. The van der Waals surface area contributed by atoms with Crippen LogP contribution in [0.2, 0.25) is 29.6 Å². The summed E-state index contributed by atoms with van der Waals surface area (Å²) in [5, 5.41) is 0. The molecule has 0 N–H and O–H groups in total. The van der Waals surface area contributed by atoms with E-state index in [-0.39, 0.29) is 0 Å². The summed E-state index contributed by atoms with van der Waals surface area (Å²) in [7, 11) is 0. The van der Waals surface area contributed by atoms with Crippen LogP contribution in [0.3, 0.4) is 0 Å². The molecule has 0 bridgehead atoms. The third kappa shape index (κ3) is 3.04. The van der Waals surface area contributed by atoms with Crippen LogP contribution in [0.5, 0.6) is 0 Å². The summed E-state index contributed by atoms with van der Waals surface area (Å²) in [6, 6.07) is 5.08. The topological polar surface area (TPSA) is 4.93 Å². The quantitative estimate of drug-likeness (QED) is 0.385. The average molecular weight is 547 g/mol. The summed E-state index contributed by atoms with van der Waals surface area (Å²) in [6.07, 6.45) is 1.22. The zero-order valence-corrected chi connectivity index (χ0v) is 22.2. The fourth-order valence-electron chi connectivity index (χ4n) is 2.82. The van der Waals surface area contributed by atoms with Gasteiger partial charge in [0.1, 0.15) is 0 Å². The molecule has 22 heavy (non-hydrogen) atoms. The molecule has 0 aliphatic carbocycles. The van der Waals surface area contributed by atoms with Crippen molar-refractivity contribution in [1.29, 1.82) is 0 Å². The Hall–Kier alpha value is 0.797. The van der Waals surface area contributed by atoms with Crippen LogP contribution in [0, 0.1) is 0 Å². The fraction of sp³-hybridized carbons (Fsp3) is 0.529. The molecule has 0 fully saturated rings. The summed E-state index contributed by atoms with van der Waals surface area (Å²) in [5.41, 5.74) is 3.04. The van der Waals surface area contributed by atoms with Crippen LogP contribution < -0.4 is 5.79 Å². The minimum absolute atomic E-state index is 1.16. The van der Waals surface area contributed by atoms with Crippen LogP contribution >= 0.6 is 22.7 Å². The van der Waals surface area contributed by atoms with Crippen molar-refractivity contribution in [2.24, 2.45) is 0 Å². The van der Waals surface area contributed by atoms with Crippen LogP contribution in [-0.2, 0) is 6.54 Å². The molecule has 0 aromatic carbocycles. The van der Waals surface area contributed by atoms with E-state index >= 15 is 0 Å². The van der Waals surface area contributed by atoms with Crippen LogP contribution in [-0.4, -0.2) is 41.3 Å². The molecule has 0 spiro atoms. The van der Waals surface area contributed by atoms with Gasteiger partial charge in [-0.15, -0.1) is 0 Å². The molecular formula is C17H27NS2Sn2. The molecule has 0 saturated heterocycles. The number of rotatable bonds is 4. The predicted molar refractivity (Wildman–Crippen MR) is 111 cm³/mol. The molecular weight excluding hydrogens is 520 g/mol. The van der Waals surface area contributed by atoms with Crippen molar-refractivity contribution in [3.63, 3.8) is 0 Å². The van der Waals surface area contributed by atoms with Crippen molar-refractivity contribution < 1.29 is 0 Å². The molecule has 0 saturated carbocycles. The van der Waals surface area contributed by atoms with Crippen LogP contribution in [0.4, 0.5) is 0 Å². The molecule has 1 nitrogen and oxygen atoms in total. The van der Waals surface area contributed by atoms with Crippen LogP contribution in [0.25, 0.3) is 20.4 Å². The molecule has 3 aromatic heterocycles. The first-order valence-corrected chi connectivity index (χ1v) is 29.8. The van der Waals surface area contributed by atoms with Gasteiger partial charge in [-0.05, 0) is 0 Å². The number of aryl methyl sites for hydroxylation is 1. The standard InChI is InChI=1S/C11H9NS2.6CH3.2Sn/c1-2-5-12-8-3-6-13-10(8)11-9(12)4-7-14-11;;;;;;;;/h3-4H,2,5H2,1H3;6*1H3;;. The van der Waals surface area contributed by atoms with Gasteiger partial charge in [0, 0.05) is 0 Å². The second-order valence-corrected chi connectivity index (χ2v) is 41.2. The Morgan fingerprint density at radius 1 is 0.818 bits per heavy atom. The van der Waals surface area contributed by atoms with Gasteiger partial charge < -0.3 is 0 Å². The molecule has 120 valence electrons. The van der Waals surface area contributed by atoms with E-state index in [1.807, 2.05) is 0 Å². The van der Waals surface area contributed by atoms with E-state index in [4.69, 9.17) is 0 Å². The van der Waals surface area contributed by atoms with Crippen LogP contribution in [0.15, 0.2) is 12.1 Å². The van der Waals surface area contributed by atoms with Gasteiger partial charge in [0.2, 0.25) is 0 Å². The minimum atomic E-state index is -1.97. The van der Waals surface area contributed by atoms with Crippen molar-refractivity contribution in [3.05, 3.63) is 12.1 Å². The molecule has 5 heteroatoms. The maximum atomic E-state index is 2.61. The molecule has 0 radical (unpaired) electrons. The molecule has 0 aliphatic rings. The van der Waals surface area contributed by atoms with Gasteiger partial charge in [-0.25, -0.2) is 0 Å². The number of thiophene rings is 2. The SMILES string of the molecule is CCCn1c2c[c]([Sn]([CH3])([CH3])[CH3])sc2c2s[c]([Sn]([CH3])([CH3])[CH3])cc21. The van der Waals surface area contributed by atoms with Gasteiger partial charge in [0.15, 0.2) is 0 Å². The van der Waals surface area contributed by atoms with E-state index in [1.165, 1.54) is 17.5 Å². The van der Waals surface area contributed by atoms with Crippen molar-refractivity contribution >= 4 is 85.6 Å². The Morgan fingerprint density at radius 3 is 1.55 bits per heavy atom. The van der Waals surface area contributed by atoms with Crippen molar-refractivity contribution in [3.8, 4) is 0 Å². The number of hydrogen-bond acceptors (Lipinski definition) is 2. The van der Waals surface area contributed by atoms with E-state index in [0.717, 1.165) is 6.54 Å². The summed E-state index contributed by atoms with van der Waals surface area (Å²) in [6.45, 7) is 3.45. The molecule has 3 heterocycles. The van der Waals surface area contributed by atoms with E-state index in [1.54, 1.807) is 15.2 Å². The normalized spacial score (nSPS) is 13.6. The van der Waals surface area contributed by atoms with E-state index in [0.29, 0.717) is 0 Å². The second kappa shape index (κ2) is 5.95. The Bertz CT molecular complexity index is 759. The fourth-order valence-corrected chi connectivity index (χ4v) is 15.7. The van der Waals surface area contributed by atoms with Gasteiger partial charge >= 0.3 is 152 Å². The maximum absolute atomic E-state index is 2.61. The molecule has 0 atom stereocenters. The van der Waals surface area contributed by atoms with Crippen molar-refractivity contribution in [1.82, 2.24) is 4.57 Å². The van der Waals surface area contributed by atoms with E-state index < -0.39 is 36.8 Å². The third-order valence-corrected chi connectivity index (χ3v) is 25.4. The first-order chi connectivity index (χ1) is 10.1. The van der Waals surface area contributed by atoms with Gasteiger partial charge in [0.05, 0.1) is 0 Å². The number of aromatic nitrogens is 1. The monoisotopic (exact) mass is 549 g/mol. The summed E-state index contributed by atoms with van der Waals surface area (Å²) < 4.78 is 9.22. The van der Waals surface area contributed by atoms with Crippen LogP contribution in [0.1, 0.15) is 13.3 Å². The number of nitrogens with zero attached hydrogens (tertiary/aromatic N) is 1. The first-order valence-electron chi connectivity index (χ1n) is 8.19. The summed E-state index contributed by atoms with van der Waals surface area (Å²) in [4.78, 5) is 15.2. The molecule has 0 amide bonds. The third-order valence-electron chi connectivity index (χ3n) is 4.14. The molecule has 0 unspecified atom stereocenters. The Labute approximate surface area is 150 Å². The summed E-state index contributed by atoms with van der Waals surface area (Å²) in [5.74, 6) is 0. The Kier molecular flexibility index (Phi) is 4.77. The van der Waals surface area contributed by atoms with Crippen molar-refractivity contribution in [2.75, 3.05) is 0 Å². The molecule has 3 rings (SSSR count). The van der Waals surface area contributed by atoms with Gasteiger partial charge in [0.25, 0.3) is 0 Å². The van der Waals surface area contributed by atoms with Gasteiger partial charge in [-0.2, -0.15) is 0 Å². The van der Waals surface area contributed by atoms with Gasteiger partial charge in [-0.3, -0.25) is 0 Å². The van der Waals surface area contributed by atoms with Crippen molar-refractivity contribution in [2.45, 2.75) is 49.5 Å². The number of fused-ring (bicyclic) bond motifs is 3. The number of hydrogen-bond donors (Lipinski definition) is 0. The average Bonchev–Trinajstić information content (AvgIpc) is 3.01. The molecule has 3 aromatic rings. The Morgan fingerprint density at radius 2 is 1.23 bits per heavy atom. The molecule has 0 aliphatic heterocycles. The second-order valence-electron chi connectivity index (χ2n) is 8.30. The van der Waals surface area contributed by atoms with Gasteiger partial charge in [-0.1, -0.05) is 0 Å².